The summed E-state index contributed by atoms with van der Waals surface area (Å²) in [5.41, 5.74) is 3.01. The molecular formula is C26H28N2O4. The van der Waals surface area contributed by atoms with Gasteiger partial charge < -0.3 is 20.1 Å². The molecule has 3 rings (SSSR count). The van der Waals surface area contributed by atoms with Crippen molar-refractivity contribution in [2.24, 2.45) is 0 Å². The third kappa shape index (κ3) is 6.60. The molecule has 0 saturated heterocycles. The Balaban J connectivity index is 1.56. The van der Waals surface area contributed by atoms with Crippen LogP contribution < -0.4 is 20.1 Å². The number of benzene rings is 3. The zero-order chi connectivity index (χ0) is 22.9. The molecule has 0 unspecified atom stereocenters. The van der Waals surface area contributed by atoms with Gasteiger partial charge in [0.05, 0.1) is 0 Å². The molecule has 2 amide bonds. The van der Waals surface area contributed by atoms with Crippen molar-refractivity contribution in [1.29, 1.82) is 0 Å². The first kappa shape index (κ1) is 22.9. The van der Waals surface area contributed by atoms with Crippen LogP contribution in [0, 0.1) is 6.92 Å². The van der Waals surface area contributed by atoms with E-state index < -0.39 is 0 Å². The van der Waals surface area contributed by atoms with Crippen molar-refractivity contribution >= 4 is 17.5 Å². The van der Waals surface area contributed by atoms with Crippen molar-refractivity contribution in [2.75, 3.05) is 11.9 Å². The highest BCUT2D eigenvalue weighted by molar-refractivity contribution is 5.97. The van der Waals surface area contributed by atoms with E-state index in [4.69, 9.17) is 9.47 Å². The highest BCUT2D eigenvalue weighted by atomic mass is 16.5. The predicted octanol–water partition coefficient (Wildman–Crippen LogP) is 4.73. The van der Waals surface area contributed by atoms with Crippen LogP contribution in [-0.2, 0) is 11.4 Å². The van der Waals surface area contributed by atoms with E-state index in [1.807, 2.05) is 63.2 Å². The van der Waals surface area contributed by atoms with Crippen LogP contribution in [0.1, 0.15) is 35.3 Å². The molecule has 2 N–H and O–H groups in total. The fourth-order valence-electron chi connectivity index (χ4n) is 3.10. The first-order chi connectivity index (χ1) is 15.4. The van der Waals surface area contributed by atoms with Crippen LogP contribution in [0.4, 0.5) is 5.69 Å². The zero-order valence-corrected chi connectivity index (χ0v) is 18.6. The van der Waals surface area contributed by atoms with E-state index in [1.54, 1.807) is 30.3 Å². The number of rotatable bonds is 9. The number of para-hydroxylation sites is 2. The minimum atomic E-state index is -0.304. The van der Waals surface area contributed by atoms with Gasteiger partial charge in [0.25, 0.3) is 11.8 Å². The topological polar surface area (TPSA) is 76.7 Å². The molecule has 6 nitrogen and oxygen atoms in total. The third-order valence-corrected chi connectivity index (χ3v) is 4.62. The van der Waals surface area contributed by atoms with Crippen molar-refractivity contribution in [1.82, 2.24) is 5.32 Å². The average Bonchev–Trinajstić information content (AvgIpc) is 2.77. The summed E-state index contributed by atoms with van der Waals surface area (Å²) in [5.74, 6) is 0.628. The van der Waals surface area contributed by atoms with E-state index in [2.05, 4.69) is 10.6 Å². The molecule has 6 heteroatoms. The fourth-order valence-corrected chi connectivity index (χ4v) is 3.10. The maximum absolute atomic E-state index is 12.4. The molecule has 0 atom stereocenters. The number of ether oxygens (including phenoxy) is 2. The molecule has 0 spiro atoms. The summed E-state index contributed by atoms with van der Waals surface area (Å²) in [6.07, 6.45) is 0. The van der Waals surface area contributed by atoms with Crippen LogP contribution in [0.5, 0.6) is 11.5 Å². The van der Waals surface area contributed by atoms with Crippen LogP contribution in [-0.4, -0.2) is 24.5 Å². The van der Waals surface area contributed by atoms with E-state index >= 15 is 0 Å². The SMILES string of the molecule is Cc1cc(NC(=O)COc2ccccc2OCc2ccccc2)ccc1C(=O)NC(C)C. The Labute approximate surface area is 188 Å². The summed E-state index contributed by atoms with van der Waals surface area (Å²) in [4.78, 5) is 24.6. The molecule has 0 aromatic heterocycles. The normalized spacial score (nSPS) is 10.5. The Hall–Kier alpha value is -3.80. The molecule has 0 aliphatic rings. The number of anilines is 1. The average molecular weight is 433 g/mol. The van der Waals surface area contributed by atoms with Gasteiger partial charge in [0.2, 0.25) is 0 Å². The van der Waals surface area contributed by atoms with E-state index in [0.717, 1.165) is 11.1 Å². The Kier molecular flexibility index (Phi) is 7.86. The first-order valence-corrected chi connectivity index (χ1v) is 10.5. The van der Waals surface area contributed by atoms with E-state index in [0.29, 0.717) is 29.4 Å². The van der Waals surface area contributed by atoms with Crippen molar-refractivity contribution in [3.05, 3.63) is 89.5 Å². The lowest BCUT2D eigenvalue weighted by atomic mass is 10.1. The predicted molar refractivity (Wildman–Crippen MR) is 125 cm³/mol. The molecule has 0 aliphatic carbocycles. The Morgan fingerprint density at radius 3 is 2.19 bits per heavy atom. The van der Waals surface area contributed by atoms with Gasteiger partial charge in [-0.3, -0.25) is 9.59 Å². The number of hydrogen-bond acceptors (Lipinski definition) is 4. The minimum Gasteiger partial charge on any atom is -0.485 e. The smallest absolute Gasteiger partial charge is 0.262 e. The summed E-state index contributed by atoms with van der Waals surface area (Å²) in [6.45, 7) is 5.89. The standard InChI is InChI=1S/C26H28N2O4/c1-18(2)27-26(30)22-14-13-21(15-19(22)3)28-25(29)17-32-24-12-8-7-11-23(24)31-16-20-9-5-4-6-10-20/h4-15,18H,16-17H2,1-3H3,(H,27,30)(H,28,29). The maximum atomic E-state index is 12.4. The van der Waals surface area contributed by atoms with Crippen LogP contribution in [0.15, 0.2) is 72.8 Å². The van der Waals surface area contributed by atoms with Crippen molar-refractivity contribution < 1.29 is 19.1 Å². The lowest BCUT2D eigenvalue weighted by Crippen LogP contribution is -2.30. The second-order valence-corrected chi connectivity index (χ2v) is 7.72. The molecule has 0 aliphatic heterocycles. The lowest BCUT2D eigenvalue weighted by molar-refractivity contribution is -0.118. The van der Waals surface area contributed by atoms with Crippen molar-refractivity contribution in [2.45, 2.75) is 33.4 Å². The molecule has 3 aromatic rings. The van der Waals surface area contributed by atoms with Gasteiger partial charge in [0.1, 0.15) is 6.61 Å². The zero-order valence-electron chi connectivity index (χ0n) is 18.6. The number of hydrogen-bond donors (Lipinski definition) is 2. The van der Waals surface area contributed by atoms with Crippen molar-refractivity contribution in [3.8, 4) is 11.5 Å². The summed E-state index contributed by atoms with van der Waals surface area (Å²) < 4.78 is 11.6. The second-order valence-electron chi connectivity index (χ2n) is 7.72. The van der Waals surface area contributed by atoms with Gasteiger partial charge >= 0.3 is 0 Å². The number of carbonyl (C=O) groups is 2. The van der Waals surface area contributed by atoms with Gasteiger partial charge in [-0.1, -0.05) is 42.5 Å². The Morgan fingerprint density at radius 2 is 1.53 bits per heavy atom. The monoisotopic (exact) mass is 432 g/mol. The van der Waals surface area contributed by atoms with Crippen LogP contribution in [0.25, 0.3) is 0 Å². The van der Waals surface area contributed by atoms with E-state index in [-0.39, 0.29) is 24.5 Å². The van der Waals surface area contributed by atoms with E-state index in [1.165, 1.54) is 0 Å². The molecular weight excluding hydrogens is 404 g/mol. The fraction of sp³-hybridized carbons (Fsp3) is 0.231. The largest absolute Gasteiger partial charge is 0.485 e. The molecule has 0 fully saturated rings. The number of aryl methyl sites for hydroxylation is 1. The summed E-state index contributed by atoms with van der Waals surface area (Å²) in [7, 11) is 0. The Morgan fingerprint density at radius 1 is 0.875 bits per heavy atom. The Bertz CT molecular complexity index is 1060. The van der Waals surface area contributed by atoms with Crippen LogP contribution >= 0.6 is 0 Å². The molecule has 0 bridgehead atoms. The lowest BCUT2D eigenvalue weighted by Gasteiger charge is -2.14. The first-order valence-electron chi connectivity index (χ1n) is 10.5. The van der Waals surface area contributed by atoms with Gasteiger partial charge in [-0.2, -0.15) is 0 Å². The minimum absolute atomic E-state index is 0.0537. The van der Waals surface area contributed by atoms with Gasteiger partial charge in [0, 0.05) is 17.3 Å². The quantitative estimate of drug-likeness (QED) is 0.513. The van der Waals surface area contributed by atoms with Crippen molar-refractivity contribution in [3.63, 3.8) is 0 Å². The van der Waals surface area contributed by atoms with Crippen LogP contribution in [0.3, 0.4) is 0 Å². The molecule has 0 saturated carbocycles. The third-order valence-electron chi connectivity index (χ3n) is 4.62. The van der Waals surface area contributed by atoms with Crippen LogP contribution in [0.2, 0.25) is 0 Å². The van der Waals surface area contributed by atoms with E-state index in [9.17, 15) is 9.59 Å². The van der Waals surface area contributed by atoms with Gasteiger partial charge in [-0.05, 0) is 62.2 Å². The highest BCUT2D eigenvalue weighted by Crippen LogP contribution is 2.27. The number of amides is 2. The molecule has 166 valence electrons. The van der Waals surface area contributed by atoms with Gasteiger partial charge in [-0.15, -0.1) is 0 Å². The molecule has 3 aromatic carbocycles. The summed E-state index contributed by atoms with van der Waals surface area (Å²) in [5, 5.41) is 5.67. The van der Waals surface area contributed by atoms with Gasteiger partial charge in [-0.25, -0.2) is 0 Å². The maximum Gasteiger partial charge on any atom is 0.262 e. The molecule has 0 radical (unpaired) electrons. The number of nitrogens with one attached hydrogen (secondary N) is 2. The molecule has 32 heavy (non-hydrogen) atoms. The molecule has 0 heterocycles. The summed E-state index contributed by atoms with van der Waals surface area (Å²) >= 11 is 0. The summed E-state index contributed by atoms with van der Waals surface area (Å²) in [6, 6.07) is 22.3. The highest BCUT2D eigenvalue weighted by Gasteiger charge is 2.12. The number of carbonyl (C=O) groups excluding carboxylic acids is 2. The van der Waals surface area contributed by atoms with Gasteiger partial charge in [0.15, 0.2) is 18.1 Å². The second kappa shape index (κ2) is 11.0.